The molecule has 0 nitrogen and oxygen atoms in total. The third-order valence-electron chi connectivity index (χ3n) is 1.94. The lowest BCUT2D eigenvalue weighted by atomic mass is 10.1. The molecule has 51 valence electrons. The molecule has 1 radical (unpaired) electrons. The maximum Gasteiger partial charge on any atom is 0.0411 e. The highest BCUT2D eigenvalue weighted by Gasteiger charge is 2.24. The van der Waals surface area contributed by atoms with Gasteiger partial charge >= 0.3 is 0 Å². The average molecular weight is 149 g/mol. The van der Waals surface area contributed by atoms with Crippen LogP contribution in [0.4, 0.5) is 0 Å². The van der Waals surface area contributed by atoms with E-state index in [-0.39, 0.29) is 0 Å². The van der Waals surface area contributed by atoms with E-state index >= 15 is 0 Å². The maximum absolute atomic E-state index is 5.17. The number of hydrogen-bond acceptors (Lipinski definition) is 0. The van der Waals surface area contributed by atoms with E-state index < -0.39 is 0 Å². The summed E-state index contributed by atoms with van der Waals surface area (Å²) in [7, 11) is 0. The van der Waals surface area contributed by atoms with Gasteiger partial charge in [0, 0.05) is 4.90 Å². The Balaban J connectivity index is 2.39. The third-order valence-corrected chi connectivity index (χ3v) is 2.31. The molecular weight excluding hydrogens is 140 g/mol. The van der Waals surface area contributed by atoms with Gasteiger partial charge in [0.1, 0.15) is 0 Å². The molecular formula is C9H9S. The van der Waals surface area contributed by atoms with Crippen molar-refractivity contribution in [3.05, 3.63) is 29.8 Å². The summed E-state index contributed by atoms with van der Waals surface area (Å²) in [6, 6.07) is 8.25. The molecule has 1 heteroatoms. The summed E-state index contributed by atoms with van der Waals surface area (Å²) in [5.41, 5.74) is 1.39. The van der Waals surface area contributed by atoms with Crippen molar-refractivity contribution < 1.29 is 0 Å². The van der Waals surface area contributed by atoms with E-state index in [9.17, 15) is 0 Å². The number of benzene rings is 1. The molecule has 0 bridgehead atoms. The van der Waals surface area contributed by atoms with E-state index in [0.29, 0.717) is 0 Å². The average Bonchev–Trinajstić information content (AvgIpc) is 2.71. The Morgan fingerprint density at radius 3 is 2.50 bits per heavy atom. The molecule has 0 aromatic heterocycles. The highest BCUT2D eigenvalue weighted by Crippen LogP contribution is 2.42. The topological polar surface area (TPSA) is 0 Å². The fourth-order valence-corrected chi connectivity index (χ4v) is 1.53. The normalized spacial score (nSPS) is 17.2. The fraction of sp³-hybridized carbons (Fsp3) is 0.333. The monoisotopic (exact) mass is 149 g/mol. The lowest BCUT2D eigenvalue weighted by Gasteiger charge is -1.98. The second kappa shape index (κ2) is 2.24. The molecule has 0 spiro atoms. The maximum atomic E-state index is 5.17. The van der Waals surface area contributed by atoms with Gasteiger partial charge in [-0.3, -0.25) is 0 Å². The first kappa shape index (κ1) is 6.17. The molecule has 0 amide bonds. The van der Waals surface area contributed by atoms with Crippen LogP contribution in [0, 0.1) is 0 Å². The molecule has 10 heavy (non-hydrogen) atoms. The van der Waals surface area contributed by atoms with Crippen molar-refractivity contribution in [2.75, 3.05) is 0 Å². The highest BCUT2D eigenvalue weighted by atomic mass is 32.1. The van der Waals surface area contributed by atoms with E-state index in [1.165, 1.54) is 18.4 Å². The molecule has 0 heterocycles. The van der Waals surface area contributed by atoms with Gasteiger partial charge in [0.15, 0.2) is 0 Å². The van der Waals surface area contributed by atoms with Crippen molar-refractivity contribution in [2.45, 2.75) is 23.7 Å². The standard InChI is InChI=1S/C9H9S/c10-9-4-2-1-3-8(9)7-5-6-7/h1-4,7H,5-6H2. The van der Waals surface area contributed by atoms with Gasteiger partial charge in [-0.15, -0.1) is 0 Å². The Hall–Kier alpha value is -0.560. The lowest BCUT2D eigenvalue weighted by Crippen LogP contribution is -1.79. The minimum atomic E-state index is 0.800. The second-order valence-electron chi connectivity index (χ2n) is 2.81. The first-order valence-corrected chi connectivity index (χ1v) is 4.04. The van der Waals surface area contributed by atoms with Gasteiger partial charge in [0.25, 0.3) is 0 Å². The largest absolute Gasteiger partial charge is 0.0798 e. The number of rotatable bonds is 1. The van der Waals surface area contributed by atoms with Gasteiger partial charge in [-0.1, -0.05) is 30.8 Å². The minimum absolute atomic E-state index is 0.800. The lowest BCUT2D eigenvalue weighted by molar-refractivity contribution is 1.07. The number of hydrogen-bond donors (Lipinski definition) is 0. The van der Waals surface area contributed by atoms with Gasteiger partial charge in [-0.25, -0.2) is 0 Å². The predicted octanol–water partition coefficient (Wildman–Crippen LogP) is 3.12. The summed E-state index contributed by atoms with van der Waals surface area (Å²) in [5.74, 6) is 0.800. The fourth-order valence-electron chi connectivity index (χ4n) is 1.21. The van der Waals surface area contributed by atoms with Gasteiger partial charge in [-0.05, 0) is 30.4 Å². The quantitative estimate of drug-likeness (QED) is 0.575. The van der Waals surface area contributed by atoms with Crippen molar-refractivity contribution in [1.29, 1.82) is 0 Å². The Kier molecular flexibility index (Phi) is 1.38. The summed E-state index contributed by atoms with van der Waals surface area (Å²) < 4.78 is 0. The molecule has 1 aliphatic rings. The van der Waals surface area contributed by atoms with Crippen LogP contribution < -0.4 is 0 Å². The Morgan fingerprint density at radius 2 is 1.90 bits per heavy atom. The molecule has 1 aliphatic carbocycles. The Morgan fingerprint density at radius 1 is 1.20 bits per heavy atom. The minimum Gasteiger partial charge on any atom is -0.0798 e. The van der Waals surface area contributed by atoms with Gasteiger partial charge in [-0.2, -0.15) is 0 Å². The molecule has 1 aromatic rings. The van der Waals surface area contributed by atoms with Crippen LogP contribution in [0.3, 0.4) is 0 Å². The first-order chi connectivity index (χ1) is 4.88. The summed E-state index contributed by atoms with van der Waals surface area (Å²) in [6.07, 6.45) is 2.68. The molecule has 0 N–H and O–H groups in total. The van der Waals surface area contributed by atoms with Crippen molar-refractivity contribution in [2.24, 2.45) is 0 Å². The Bertz CT molecular complexity index is 238. The van der Waals surface area contributed by atoms with E-state index in [1.54, 1.807) is 0 Å². The van der Waals surface area contributed by atoms with Crippen LogP contribution in [0.5, 0.6) is 0 Å². The molecule has 0 unspecified atom stereocenters. The zero-order valence-electron chi connectivity index (χ0n) is 5.71. The van der Waals surface area contributed by atoms with Crippen LogP contribution >= 0.6 is 12.6 Å². The van der Waals surface area contributed by atoms with Crippen LogP contribution in [0.15, 0.2) is 29.2 Å². The molecule has 0 aliphatic heterocycles. The van der Waals surface area contributed by atoms with Crippen molar-refractivity contribution in [3.8, 4) is 0 Å². The van der Waals surface area contributed by atoms with Crippen LogP contribution in [-0.2, 0) is 0 Å². The van der Waals surface area contributed by atoms with Crippen molar-refractivity contribution in [3.63, 3.8) is 0 Å². The summed E-state index contributed by atoms with van der Waals surface area (Å²) in [5, 5.41) is 0. The smallest absolute Gasteiger partial charge is 0.0411 e. The molecule has 2 rings (SSSR count). The van der Waals surface area contributed by atoms with E-state index in [0.717, 1.165) is 10.8 Å². The zero-order valence-corrected chi connectivity index (χ0v) is 6.53. The predicted molar refractivity (Wildman–Crippen MR) is 44.3 cm³/mol. The highest BCUT2D eigenvalue weighted by molar-refractivity contribution is 7.80. The van der Waals surface area contributed by atoms with Crippen LogP contribution in [0.1, 0.15) is 24.3 Å². The second-order valence-corrected chi connectivity index (χ2v) is 3.25. The van der Waals surface area contributed by atoms with Crippen molar-refractivity contribution >= 4 is 12.6 Å². The summed E-state index contributed by atoms with van der Waals surface area (Å²) in [4.78, 5) is 1.05. The SMILES string of the molecule is [S]c1ccccc1C1CC1. The van der Waals surface area contributed by atoms with E-state index in [4.69, 9.17) is 12.6 Å². The van der Waals surface area contributed by atoms with E-state index in [1.807, 2.05) is 12.1 Å². The molecule has 1 saturated carbocycles. The summed E-state index contributed by atoms with van der Waals surface area (Å²) >= 11 is 5.17. The van der Waals surface area contributed by atoms with Gasteiger partial charge in [0.05, 0.1) is 0 Å². The zero-order chi connectivity index (χ0) is 6.97. The molecule has 1 fully saturated rings. The van der Waals surface area contributed by atoms with Crippen LogP contribution in [0.2, 0.25) is 0 Å². The first-order valence-electron chi connectivity index (χ1n) is 3.64. The van der Waals surface area contributed by atoms with Crippen LogP contribution in [-0.4, -0.2) is 0 Å². The van der Waals surface area contributed by atoms with E-state index in [2.05, 4.69) is 12.1 Å². The molecule has 0 atom stereocenters. The van der Waals surface area contributed by atoms with Gasteiger partial charge in [0.2, 0.25) is 0 Å². The third kappa shape index (κ3) is 1.01. The molecule has 0 saturated heterocycles. The summed E-state index contributed by atoms with van der Waals surface area (Å²) in [6.45, 7) is 0. The van der Waals surface area contributed by atoms with Gasteiger partial charge < -0.3 is 0 Å². The van der Waals surface area contributed by atoms with Crippen LogP contribution in [0.25, 0.3) is 0 Å². The Labute approximate surface area is 66.7 Å². The van der Waals surface area contributed by atoms with Crippen molar-refractivity contribution in [1.82, 2.24) is 0 Å². The molecule has 1 aromatic carbocycles.